The molecule has 0 rings (SSSR count). The van der Waals surface area contributed by atoms with Crippen LogP contribution in [-0.4, -0.2) is 24.6 Å². The molecule has 0 fully saturated rings. The van der Waals surface area contributed by atoms with Gasteiger partial charge in [-0.2, -0.15) is 5.26 Å². The molecule has 0 bridgehead atoms. The van der Waals surface area contributed by atoms with Gasteiger partial charge >= 0.3 is 11.9 Å². The molecule has 0 aliphatic heterocycles. The molecule has 0 N–H and O–H groups in total. The SMILES string of the molecule is CC(C)OC(=O)C=CC(=O)OCCC#N. The van der Waals surface area contributed by atoms with Crippen molar-refractivity contribution < 1.29 is 19.1 Å². The van der Waals surface area contributed by atoms with E-state index in [-0.39, 0.29) is 19.1 Å². The summed E-state index contributed by atoms with van der Waals surface area (Å²) in [7, 11) is 0. The molecule has 82 valence electrons. The fourth-order valence-electron chi connectivity index (χ4n) is 0.653. The highest BCUT2D eigenvalue weighted by Gasteiger charge is 2.02. The Bertz CT molecular complexity index is 288. The summed E-state index contributed by atoms with van der Waals surface area (Å²) in [4.78, 5) is 21.8. The van der Waals surface area contributed by atoms with E-state index in [4.69, 9.17) is 10.00 Å². The van der Waals surface area contributed by atoms with Crippen molar-refractivity contribution in [2.24, 2.45) is 0 Å². The number of carbonyl (C=O) groups is 2. The topological polar surface area (TPSA) is 76.4 Å². The Morgan fingerprint density at radius 2 is 1.93 bits per heavy atom. The van der Waals surface area contributed by atoms with Gasteiger partial charge < -0.3 is 9.47 Å². The zero-order valence-electron chi connectivity index (χ0n) is 8.73. The van der Waals surface area contributed by atoms with Crippen molar-refractivity contribution in [1.82, 2.24) is 0 Å². The Kier molecular flexibility index (Phi) is 6.64. The second kappa shape index (κ2) is 7.56. The molecular weight excluding hydrogens is 198 g/mol. The maximum Gasteiger partial charge on any atom is 0.331 e. The summed E-state index contributed by atoms with van der Waals surface area (Å²) in [5.74, 6) is -1.26. The quantitative estimate of drug-likeness (QED) is 0.384. The van der Waals surface area contributed by atoms with Crippen LogP contribution in [0.3, 0.4) is 0 Å². The highest BCUT2D eigenvalue weighted by atomic mass is 16.5. The molecule has 0 aromatic rings. The van der Waals surface area contributed by atoms with E-state index >= 15 is 0 Å². The zero-order chi connectivity index (χ0) is 11.7. The lowest BCUT2D eigenvalue weighted by Gasteiger charge is -2.03. The predicted molar refractivity (Wildman–Crippen MR) is 51.6 cm³/mol. The van der Waals surface area contributed by atoms with Crippen molar-refractivity contribution in [3.05, 3.63) is 12.2 Å². The molecule has 5 heteroatoms. The Labute approximate surface area is 88.3 Å². The second-order valence-corrected chi connectivity index (χ2v) is 2.89. The molecule has 0 saturated heterocycles. The molecule has 0 aromatic carbocycles. The monoisotopic (exact) mass is 211 g/mol. The van der Waals surface area contributed by atoms with Crippen molar-refractivity contribution in [3.8, 4) is 6.07 Å². The number of hydrogen-bond donors (Lipinski definition) is 0. The minimum atomic E-state index is -0.661. The van der Waals surface area contributed by atoms with Gasteiger partial charge in [0.15, 0.2) is 0 Å². The van der Waals surface area contributed by atoms with Gasteiger partial charge in [-0.25, -0.2) is 9.59 Å². The average molecular weight is 211 g/mol. The summed E-state index contributed by atoms with van der Waals surface area (Å²) in [6, 6.07) is 1.82. The molecule has 0 aliphatic carbocycles. The number of rotatable bonds is 5. The van der Waals surface area contributed by atoms with Crippen LogP contribution in [0.1, 0.15) is 20.3 Å². The first kappa shape index (κ1) is 13.2. The van der Waals surface area contributed by atoms with Crippen LogP contribution in [0.25, 0.3) is 0 Å². The molecule has 0 radical (unpaired) electrons. The molecule has 0 saturated carbocycles. The molecular formula is C10H13NO4. The van der Waals surface area contributed by atoms with E-state index in [0.717, 1.165) is 12.2 Å². The van der Waals surface area contributed by atoms with E-state index in [1.807, 2.05) is 6.07 Å². The predicted octanol–water partition coefficient (Wildman–Crippen LogP) is 0.951. The minimum Gasteiger partial charge on any atom is -0.461 e. The lowest BCUT2D eigenvalue weighted by molar-refractivity contribution is -0.142. The van der Waals surface area contributed by atoms with Crippen molar-refractivity contribution in [3.63, 3.8) is 0 Å². The van der Waals surface area contributed by atoms with Crippen LogP contribution >= 0.6 is 0 Å². The Morgan fingerprint density at radius 1 is 1.33 bits per heavy atom. The van der Waals surface area contributed by atoms with Gasteiger partial charge in [0.05, 0.1) is 18.6 Å². The summed E-state index contributed by atoms with van der Waals surface area (Å²) in [5, 5.41) is 8.16. The first-order chi connectivity index (χ1) is 7.06. The van der Waals surface area contributed by atoms with Gasteiger partial charge in [-0.05, 0) is 13.8 Å². The van der Waals surface area contributed by atoms with E-state index in [2.05, 4.69) is 4.74 Å². The molecule has 5 nitrogen and oxygen atoms in total. The fourth-order valence-corrected chi connectivity index (χ4v) is 0.653. The van der Waals surface area contributed by atoms with Crippen LogP contribution in [0.2, 0.25) is 0 Å². The Hall–Kier alpha value is -1.83. The van der Waals surface area contributed by atoms with E-state index < -0.39 is 11.9 Å². The molecule has 0 aliphatic rings. The zero-order valence-corrected chi connectivity index (χ0v) is 8.73. The summed E-state index contributed by atoms with van der Waals surface area (Å²) in [6.07, 6.45) is 1.88. The van der Waals surface area contributed by atoms with Gasteiger partial charge in [0.25, 0.3) is 0 Å². The van der Waals surface area contributed by atoms with E-state index in [1.54, 1.807) is 13.8 Å². The lowest BCUT2D eigenvalue weighted by atomic mass is 10.4. The van der Waals surface area contributed by atoms with Crippen LogP contribution in [0, 0.1) is 11.3 Å². The first-order valence-electron chi connectivity index (χ1n) is 4.48. The molecule has 15 heavy (non-hydrogen) atoms. The van der Waals surface area contributed by atoms with Crippen LogP contribution in [0.5, 0.6) is 0 Å². The van der Waals surface area contributed by atoms with Gasteiger partial charge in [-0.3, -0.25) is 0 Å². The summed E-state index contributed by atoms with van der Waals surface area (Å²) in [6.45, 7) is 3.44. The fraction of sp³-hybridized carbons (Fsp3) is 0.500. The van der Waals surface area contributed by atoms with Gasteiger partial charge in [0.2, 0.25) is 0 Å². The van der Waals surface area contributed by atoms with Gasteiger partial charge in [-0.15, -0.1) is 0 Å². The van der Waals surface area contributed by atoms with Crippen molar-refractivity contribution in [2.75, 3.05) is 6.61 Å². The van der Waals surface area contributed by atoms with Gasteiger partial charge in [-0.1, -0.05) is 0 Å². The summed E-state index contributed by atoms with van der Waals surface area (Å²) >= 11 is 0. The van der Waals surface area contributed by atoms with Crippen LogP contribution in [0.15, 0.2) is 12.2 Å². The highest BCUT2D eigenvalue weighted by Crippen LogP contribution is 1.91. The van der Waals surface area contributed by atoms with E-state index in [1.165, 1.54) is 0 Å². The van der Waals surface area contributed by atoms with Gasteiger partial charge in [0.1, 0.15) is 6.61 Å². The smallest absolute Gasteiger partial charge is 0.331 e. The lowest BCUT2D eigenvalue weighted by Crippen LogP contribution is -2.09. The van der Waals surface area contributed by atoms with E-state index in [9.17, 15) is 9.59 Å². The average Bonchev–Trinajstić information content (AvgIpc) is 2.14. The number of nitriles is 1. The molecule has 0 spiro atoms. The third-order valence-electron chi connectivity index (χ3n) is 1.17. The standard InChI is InChI=1S/C10H13NO4/c1-8(2)15-10(13)5-4-9(12)14-7-3-6-11/h4-5,8H,3,7H2,1-2H3. The molecule has 0 atom stereocenters. The maximum atomic E-state index is 10.9. The molecule has 0 unspecified atom stereocenters. The van der Waals surface area contributed by atoms with Crippen LogP contribution in [0.4, 0.5) is 0 Å². The normalized spacial score (nSPS) is 10.0. The van der Waals surface area contributed by atoms with Crippen LogP contribution < -0.4 is 0 Å². The number of hydrogen-bond acceptors (Lipinski definition) is 5. The summed E-state index contributed by atoms with van der Waals surface area (Å²) < 4.78 is 9.32. The van der Waals surface area contributed by atoms with Crippen molar-refractivity contribution in [2.45, 2.75) is 26.4 Å². The molecule has 0 heterocycles. The highest BCUT2D eigenvalue weighted by molar-refractivity contribution is 5.91. The number of carbonyl (C=O) groups excluding carboxylic acids is 2. The number of nitrogens with zero attached hydrogens (tertiary/aromatic N) is 1. The molecule has 0 amide bonds. The largest absolute Gasteiger partial charge is 0.461 e. The molecule has 0 aromatic heterocycles. The Morgan fingerprint density at radius 3 is 2.47 bits per heavy atom. The number of esters is 2. The third kappa shape index (κ3) is 8.50. The Balaban J connectivity index is 3.80. The first-order valence-corrected chi connectivity index (χ1v) is 4.48. The van der Waals surface area contributed by atoms with Crippen molar-refractivity contribution in [1.29, 1.82) is 5.26 Å². The summed E-state index contributed by atoms with van der Waals surface area (Å²) in [5.41, 5.74) is 0. The third-order valence-corrected chi connectivity index (χ3v) is 1.17. The minimum absolute atomic E-state index is 0.0267. The van der Waals surface area contributed by atoms with Crippen molar-refractivity contribution >= 4 is 11.9 Å². The second-order valence-electron chi connectivity index (χ2n) is 2.89. The number of ether oxygens (including phenoxy) is 2. The van der Waals surface area contributed by atoms with Gasteiger partial charge in [0, 0.05) is 12.2 Å². The maximum absolute atomic E-state index is 10.9. The van der Waals surface area contributed by atoms with Crippen LogP contribution in [-0.2, 0) is 19.1 Å². The van der Waals surface area contributed by atoms with E-state index in [0.29, 0.717) is 0 Å².